The number of rotatable bonds is 7. The second-order valence-corrected chi connectivity index (χ2v) is 10.3. The summed E-state index contributed by atoms with van der Waals surface area (Å²) >= 11 is 0. The van der Waals surface area contributed by atoms with Crippen molar-refractivity contribution >= 4 is 27.9 Å². The van der Waals surface area contributed by atoms with Crippen LogP contribution in [0.5, 0.6) is 5.75 Å². The second-order valence-electron chi connectivity index (χ2n) is 8.29. The zero-order valence-corrected chi connectivity index (χ0v) is 19.4. The van der Waals surface area contributed by atoms with E-state index in [4.69, 9.17) is 4.74 Å². The summed E-state index contributed by atoms with van der Waals surface area (Å²) < 4.78 is 34.4. The lowest BCUT2D eigenvalue weighted by Crippen LogP contribution is -2.56. The topological polar surface area (TPSA) is 152 Å². The molecule has 2 aliphatic heterocycles. The molecule has 0 saturated carbocycles. The molecule has 0 aromatic carbocycles. The van der Waals surface area contributed by atoms with Crippen molar-refractivity contribution in [2.24, 2.45) is 7.05 Å². The zero-order valence-electron chi connectivity index (χ0n) is 18.6. The van der Waals surface area contributed by atoms with Gasteiger partial charge in [0.15, 0.2) is 5.75 Å². The average molecular weight is 479 g/mol. The van der Waals surface area contributed by atoms with Crippen molar-refractivity contribution in [1.82, 2.24) is 34.7 Å². The van der Waals surface area contributed by atoms with Crippen molar-refractivity contribution in [3.05, 3.63) is 29.8 Å². The number of nitrogens with zero attached hydrogens (tertiary/aromatic N) is 6. The SMILES string of the molecule is Cc1cc(COc2cnc(N3CCN(S(=O)(=O)C[C@@]4(C)NC(=O)NC4=O)CC3)nc2)n(C)n1. The summed E-state index contributed by atoms with van der Waals surface area (Å²) in [6, 6.07) is 1.25. The number of hydrogen-bond acceptors (Lipinski definition) is 9. The Balaban J connectivity index is 1.31. The largest absolute Gasteiger partial charge is 0.484 e. The molecular formula is C19H26N8O5S. The number of hydrogen-bond donors (Lipinski definition) is 2. The number of piperazine rings is 1. The predicted molar refractivity (Wildman–Crippen MR) is 117 cm³/mol. The Hall–Kier alpha value is -3.26. The Morgan fingerprint density at radius 1 is 1.15 bits per heavy atom. The molecule has 2 fully saturated rings. The molecule has 2 aliphatic rings. The molecule has 2 aromatic rings. The van der Waals surface area contributed by atoms with Crippen LogP contribution in [0.4, 0.5) is 10.7 Å². The average Bonchev–Trinajstić information content (AvgIpc) is 3.21. The lowest BCUT2D eigenvalue weighted by atomic mass is 10.1. The maximum atomic E-state index is 12.8. The minimum absolute atomic E-state index is 0.218. The van der Waals surface area contributed by atoms with Crippen molar-refractivity contribution in [3.63, 3.8) is 0 Å². The Kier molecular flexibility index (Phi) is 5.97. The van der Waals surface area contributed by atoms with E-state index in [2.05, 4.69) is 25.7 Å². The minimum Gasteiger partial charge on any atom is -0.484 e. The third-order valence-corrected chi connectivity index (χ3v) is 7.70. The van der Waals surface area contributed by atoms with E-state index in [1.54, 1.807) is 17.1 Å². The van der Waals surface area contributed by atoms with Crippen molar-refractivity contribution in [1.29, 1.82) is 0 Å². The molecule has 0 spiro atoms. The number of sulfonamides is 1. The van der Waals surface area contributed by atoms with Gasteiger partial charge in [-0.3, -0.25) is 14.8 Å². The maximum absolute atomic E-state index is 12.8. The van der Waals surface area contributed by atoms with Gasteiger partial charge in [-0.2, -0.15) is 9.40 Å². The quantitative estimate of drug-likeness (QED) is 0.485. The number of imide groups is 1. The Labute approximate surface area is 191 Å². The fourth-order valence-corrected chi connectivity index (χ4v) is 5.64. The molecule has 0 radical (unpaired) electrons. The summed E-state index contributed by atoms with van der Waals surface area (Å²) in [5.74, 6) is -0.158. The first-order valence-corrected chi connectivity index (χ1v) is 12.0. The predicted octanol–water partition coefficient (Wildman–Crippen LogP) is -0.853. The number of ether oxygens (including phenoxy) is 1. The van der Waals surface area contributed by atoms with Gasteiger partial charge in [0.25, 0.3) is 5.91 Å². The van der Waals surface area contributed by atoms with E-state index in [0.29, 0.717) is 31.4 Å². The highest BCUT2D eigenvalue weighted by Gasteiger charge is 2.46. The fraction of sp³-hybridized carbons (Fsp3) is 0.526. The first kappa shape index (κ1) is 22.9. The van der Waals surface area contributed by atoms with Crippen molar-refractivity contribution in [2.75, 3.05) is 36.8 Å². The summed E-state index contributed by atoms with van der Waals surface area (Å²) in [6.07, 6.45) is 3.16. The van der Waals surface area contributed by atoms with E-state index in [1.165, 1.54) is 11.2 Å². The molecule has 2 N–H and O–H groups in total. The zero-order chi connectivity index (χ0) is 23.8. The highest BCUT2D eigenvalue weighted by atomic mass is 32.2. The van der Waals surface area contributed by atoms with E-state index >= 15 is 0 Å². The lowest BCUT2D eigenvalue weighted by molar-refractivity contribution is -0.122. The third-order valence-electron chi connectivity index (χ3n) is 5.60. The number of aryl methyl sites for hydroxylation is 2. The molecule has 14 heteroatoms. The highest BCUT2D eigenvalue weighted by molar-refractivity contribution is 7.89. The van der Waals surface area contributed by atoms with Gasteiger partial charge < -0.3 is 15.0 Å². The number of carbonyl (C=O) groups excluding carboxylic acids is 2. The molecule has 2 aromatic heterocycles. The molecule has 33 heavy (non-hydrogen) atoms. The molecule has 4 rings (SSSR count). The van der Waals surface area contributed by atoms with Crippen molar-refractivity contribution in [3.8, 4) is 5.75 Å². The van der Waals surface area contributed by atoms with Crippen LogP contribution in [-0.2, 0) is 28.5 Å². The molecule has 4 heterocycles. The summed E-state index contributed by atoms with van der Waals surface area (Å²) in [7, 11) is -1.92. The van der Waals surface area contributed by atoms with Gasteiger partial charge in [0, 0.05) is 33.2 Å². The normalized spacial score (nSPS) is 21.7. The van der Waals surface area contributed by atoms with Crippen LogP contribution in [0.15, 0.2) is 18.5 Å². The van der Waals surface area contributed by atoms with Crippen molar-refractivity contribution < 1.29 is 22.7 Å². The van der Waals surface area contributed by atoms with Crippen LogP contribution in [-0.4, -0.2) is 81.9 Å². The summed E-state index contributed by atoms with van der Waals surface area (Å²) in [5.41, 5.74) is 0.354. The van der Waals surface area contributed by atoms with Crippen LogP contribution in [0, 0.1) is 6.92 Å². The van der Waals surface area contributed by atoms with Crippen LogP contribution in [0.1, 0.15) is 18.3 Å². The Morgan fingerprint density at radius 3 is 2.36 bits per heavy atom. The van der Waals surface area contributed by atoms with Gasteiger partial charge in [-0.15, -0.1) is 0 Å². The van der Waals surface area contributed by atoms with Gasteiger partial charge in [0.1, 0.15) is 12.1 Å². The first-order valence-electron chi connectivity index (χ1n) is 10.4. The van der Waals surface area contributed by atoms with Crippen LogP contribution in [0.25, 0.3) is 0 Å². The van der Waals surface area contributed by atoms with Crippen LogP contribution < -0.4 is 20.3 Å². The van der Waals surface area contributed by atoms with Gasteiger partial charge in [-0.05, 0) is 19.9 Å². The summed E-state index contributed by atoms with van der Waals surface area (Å²) in [4.78, 5) is 33.9. The molecule has 0 aliphatic carbocycles. The van der Waals surface area contributed by atoms with E-state index in [-0.39, 0.29) is 13.1 Å². The number of aromatic nitrogens is 4. The Morgan fingerprint density at radius 2 is 1.82 bits per heavy atom. The monoisotopic (exact) mass is 478 g/mol. The summed E-state index contributed by atoms with van der Waals surface area (Å²) in [6.45, 7) is 4.87. The van der Waals surface area contributed by atoms with Gasteiger partial charge in [0.2, 0.25) is 16.0 Å². The second kappa shape index (κ2) is 8.59. The number of nitrogens with one attached hydrogen (secondary N) is 2. The highest BCUT2D eigenvalue weighted by Crippen LogP contribution is 2.20. The van der Waals surface area contributed by atoms with Crippen LogP contribution in [0.3, 0.4) is 0 Å². The van der Waals surface area contributed by atoms with Crippen LogP contribution in [0.2, 0.25) is 0 Å². The van der Waals surface area contributed by atoms with Gasteiger partial charge in [0.05, 0.1) is 29.5 Å². The lowest BCUT2D eigenvalue weighted by Gasteiger charge is -2.35. The summed E-state index contributed by atoms with van der Waals surface area (Å²) in [5, 5.41) is 8.74. The number of urea groups is 1. The van der Waals surface area contributed by atoms with Gasteiger partial charge in [-0.25, -0.2) is 23.2 Å². The molecular weight excluding hydrogens is 452 g/mol. The van der Waals surface area contributed by atoms with E-state index in [9.17, 15) is 18.0 Å². The minimum atomic E-state index is -3.77. The van der Waals surface area contributed by atoms with Crippen LogP contribution >= 0.6 is 0 Å². The smallest absolute Gasteiger partial charge is 0.322 e. The number of carbonyl (C=O) groups is 2. The van der Waals surface area contributed by atoms with Gasteiger partial charge in [-0.1, -0.05) is 0 Å². The molecule has 0 bridgehead atoms. The van der Waals surface area contributed by atoms with E-state index in [0.717, 1.165) is 11.4 Å². The fourth-order valence-electron chi connectivity index (χ4n) is 3.81. The van der Waals surface area contributed by atoms with Crippen molar-refractivity contribution in [2.45, 2.75) is 26.0 Å². The number of anilines is 1. The van der Waals surface area contributed by atoms with E-state index < -0.39 is 33.3 Å². The molecule has 178 valence electrons. The van der Waals surface area contributed by atoms with Gasteiger partial charge >= 0.3 is 6.03 Å². The molecule has 1 atom stereocenters. The third kappa shape index (κ3) is 4.90. The standard InChI is InChI=1S/C19H26N8O5S/c1-13-8-14(25(3)24-13)11-32-15-9-20-17(21-10-15)26-4-6-27(7-5-26)33(30,31)12-19(2)16(28)22-18(29)23-19/h8-10H,4-7,11-12H2,1-3H3,(H2,22,23,28,29)/t19-/m1/s1. The molecule has 2 saturated heterocycles. The molecule has 3 amide bonds. The maximum Gasteiger partial charge on any atom is 0.322 e. The molecule has 13 nitrogen and oxygen atoms in total. The Bertz CT molecular complexity index is 1160. The van der Waals surface area contributed by atoms with E-state index in [1.807, 2.05) is 24.9 Å². The molecule has 0 unspecified atom stereocenters. The first-order chi connectivity index (χ1) is 15.6. The number of amides is 3.